The molecule has 0 spiro atoms. The number of allylic oxidation sites excluding steroid dienone is 18. The van der Waals surface area contributed by atoms with Gasteiger partial charge in [0, 0.05) is 19.3 Å². The summed E-state index contributed by atoms with van der Waals surface area (Å²) >= 11 is 0. The Balaban J connectivity index is 4.35. The summed E-state index contributed by atoms with van der Waals surface area (Å²) in [7, 11) is 0. The highest BCUT2D eigenvalue weighted by Crippen LogP contribution is 2.15. The van der Waals surface area contributed by atoms with Gasteiger partial charge in [-0.2, -0.15) is 0 Å². The van der Waals surface area contributed by atoms with Crippen molar-refractivity contribution in [3.63, 3.8) is 0 Å². The second kappa shape index (κ2) is 57.6. The first kappa shape index (κ1) is 66.1. The molecule has 1 unspecified atom stereocenters. The summed E-state index contributed by atoms with van der Waals surface area (Å²) in [6.07, 6.45) is 78.1. The Labute approximate surface area is 431 Å². The first-order valence-electron chi connectivity index (χ1n) is 28.9. The van der Waals surface area contributed by atoms with E-state index in [0.717, 1.165) is 103 Å². The third kappa shape index (κ3) is 55.0. The fourth-order valence-corrected chi connectivity index (χ4v) is 7.74. The molecular formula is C64H106O6. The topological polar surface area (TPSA) is 78.9 Å². The minimum absolute atomic E-state index is 0.0935. The molecule has 0 aliphatic carbocycles. The molecule has 0 aliphatic heterocycles. The summed E-state index contributed by atoms with van der Waals surface area (Å²) < 4.78 is 16.8. The van der Waals surface area contributed by atoms with Crippen molar-refractivity contribution in [3.05, 3.63) is 109 Å². The highest BCUT2D eigenvalue weighted by Gasteiger charge is 2.19. The Morgan fingerprint density at radius 3 is 0.871 bits per heavy atom. The highest BCUT2D eigenvalue weighted by atomic mass is 16.6. The largest absolute Gasteiger partial charge is 0.462 e. The first-order chi connectivity index (χ1) is 34.5. The van der Waals surface area contributed by atoms with Gasteiger partial charge in [-0.3, -0.25) is 14.4 Å². The standard InChI is InChI=1S/C64H106O6/c1-4-7-10-13-16-19-22-24-25-26-27-28-29-30-31-32-33-34-35-36-37-38-39-41-42-45-48-51-54-57-63(66)69-60-61(59-68-62(65)56-53-50-47-44-21-18-15-12-9-6-3)70-64(67)58-55-52-49-46-43-40-23-20-17-14-11-8-5-2/h7,10,16,19,24-25,27-28,30-31,33-34,36-37,39,41,45,48,61H,4-6,8-9,11-15,17-18,20-23,26,29,32,35,38,40,42-44,46-47,49-60H2,1-3H3/b10-7-,19-16-,25-24-,28-27-,31-30-,34-33-,37-36-,41-39-,48-45-. The molecule has 0 bridgehead atoms. The van der Waals surface area contributed by atoms with E-state index in [1.807, 2.05) is 0 Å². The van der Waals surface area contributed by atoms with Gasteiger partial charge >= 0.3 is 17.9 Å². The fourth-order valence-electron chi connectivity index (χ4n) is 7.74. The predicted molar refractivity (Wildman–Crippen MR) is 302 cm³/mol. The maximum atomic E-state index is 12.8. The van der Waals surface area contributed by atoms with Gasteiger partial charge in [-0.1, -0.05) is 265 Å². The summed E-state index contributed by atoms with van der Waals surface area (Å²) in [5, 5.41) is 0. The maximum absolute atomic E-state index is 12.8. The lowest BCUT2D eigenvalue weighted by atomic mass is 10.0. The zero-order valence-corrected chi connectivity index (χ0v) is 45.5. The van der Waals surface area contributed by atoms with Crippen molar-refractivity contribution in [2.75, 3.05) is 13.2 Å². The second-order valence-electron chi connectivity index (χ2n) is 18.8. The van der Waals surface area contributed by atoms with Crippen LogP contribution in [0.4, 0.5) is 0 Å². The number of esters is 3. The van der Waals surface area contributed by atoms with Gasteiger partial charge < -0.3 is 14.2 Å². The fraction of sp³-hybridized carbons (Fsp3) is 0.672. The molecule has 70 heavy (non-hydrogen) atoms. The van der Waals surface area contributed by atoms with Crippen LogP contribution in [-0.2, 0) is 28.6 Å². The average molecular weight is 972 g/mol. The van der Waals surface area contributed by atoms with Gasteiger partial charge in [0.15, 0.2) is 6.10 Å². The van der Waals surface area contributed by atoms with Crippen LogP contribution in [0.5, 0.6) is 0 Å². The van der Waals surface area contributed by atoms with Crippen molar-refractivity contribution in [1.82, 2.24) is 0 Å². The third-order valence-electron chi connectivity index (χ3n) is 12.0. The molecular weight excluding hydrogens is 865 g/mol. The number of ether oxygens (including phenoxy) is 3. The summed E-state index contributed by atoms with van der Waals surface area (Å²) in [4.78, 5) is 38.0. The van der Waals surface area contributed by atoms with Crippen LogP contribution in [0.2, 0.25) is 0 Å². The molecule has 0 aromatic carbocycles. The van der Waals surface area contributed by atoms with Gasteiger partial charge in [0.05, 0.1) is 0 Å². The zero-order chi connectivity index (χ0) is 50.7. The van der Waals surface area contributed by atoms with E-state index in [1.165, 1.54) is 109 Å². The van der Waals surface area contributed by atoms with Crippen LogP contribution >= 0.6 is 0 Å². The highest BCUT2D eigenvalue weighted by molar-refractivity contribution is 5.71. The molecule has 0 N–H and O–H groups in total. The SMILES string of the molecule is CC/C=C\C/C=C\C/C=C\C/C=C\C/C=C\C/C=C\C/C=C\C/C=C\C/C=C\CCCC(=O)OCC(COC(=O)CCCCCCCCCCCC)OC(=O)CCCCCCCCCCCCCCC. The molecule has 0 aliphatic rings. The number of carbonyl (C=O) groups excluding carboxylic acids is 3. The Morgan fingerprint density at radius 2 is 0.557 bits per heavy atom. The Bertz CT molecular complexity index is 1440. The van der Waals surface area contributed by atoms with Crippen LogP contribution in [0.25, 0.3) is 0 Å². The van der Waals surface area contributed by atoms with Crippen molar-refractivity contribution in [2.24, 2.45) is 0 Å². The predicted octanol–water partition coefficient (Wildman–Crippen LogP) is 19.5. The minimum Gasteiger partial charge on any atom is -0.462 e. The lowest BCUT2D eigenvalue weighted by molar-refractivity contribution is -0.167. The molecule has 0 radical (unpaired) electrons. The lowest BCUT2D eigenvalue weighted by Crippen LogP contribution is -2.30. The summed E-state index contributed by atoms with van der Waals surface area (Å²) in [5.74, 6) is -0.956. The Morgan fingerprint density at radius 1 is 0.300 bits per heavy atom. The number of rotatable bonds is 51. The van der Waals surface area contributed by atoms with E-state index in [4.69, 9.17) is 14.2 Å². The number of hydrogen-bond acceptors (Lipinski definition) is 6. The molecule has 6 nitrogen and oxygen atoms in total. The van der Waals surface area contributed by atoms with Gasteiger partial charge in [-0.15, -0.1) is 0 Å². The van der Waals surface area contributed by atoms with Crippen molar-refractivity contribution < 1.29 is 28.6 Å². The van der Waals surface area contributed by atoms with Gasteiger partial charge in [0.25, 0.3) is 0 Å². The quantitative estimate of drug-likeness (QED) is 0.0262. The van der Waals surface area contributed by atoms with E-state index in [-0.39, 0.29) is 37.5 Å². The molecule has 0 amide bonds. The molecule has 398 valence electrons. The molecule has 0 rings (SSSR count). The zero-order valence-electron chi connectivity index (χ0n) is 45.5. The number of carbonyl (C=O) groups is 3. The molecule has 0 aromatic rings. The first-order valence-corrected chi connectivity index (χ1v) is 28.9. The Kier molecular flexibility index (Phi) is 54.4. The van der Waals surface area contributed by atoms with Gasteiger partial charge in [-0.25, -0.2) is 0 Å². The molecule has 6 heteroatoms. The van der Waals surface area contributed by atoms with E-state index in [9.17, 15) is 14.4 Å². The van der Waals surface area contributed by atoms with E-state index >= 15 is 0 Å². The maximum Gasteiger partial charge on any atom is 0.306 e. The van der Waals surface area contributed by atoms with Crippen LogP contribution in [0.1, 0.15) is 258 Å². The van der Waals surface area contributed by atoms with Gasteiger partial charge in [0.2, 0.25) is 0 Å². The van der Waals surface area contributed by atoms with Crippen LogP contribution in [0.3, 0.4) is 0 Å². The van der Waals surface area contributed by atoms with Gasteiger partial charge in [0.1, 0.15) is 13.2 Å². The summed E-state index contributed by atoms with van der Waals surface area (Å²) in [6, 6.07) is 0. The smallest absolute Gasteiger partial charge is 0.306 e. The number of hydrogen-bond donors (Lipinski definition) is 0. The molecule has 0 fully saturated rings. The van der Waals surface area contributed by atoms with E-state index in [0.29, 0.717) is 19.3 Å². The third-order valence-corrected chi connectivity index (χ3v) is 12.0. The minimum atomic E-state index is -0.798. The van der Waals surface area contributed by atoms with Crippen LogP contribution in [-0.4, -0.2) is 37.2 Å². The van der Waals surface area contributed by atoms with E-state index < -0.39 is 6.10 Å². The van der Waals surface area contributed by atoms with Crippen molar-refractivity contribution in [2.45, 2.75) is 264 Å². The Hall–Kier alpha value is -3.93. The lowest BCUT2D eigenvalue weighted by Gasteiger charge is -2.18. The summed E-state index contributed by atoms with van der Waals surface area (Å²) in [5.41, 5.74) is 0. The molecule has 0 aromatic heterocycles. The van der Waals surface area contributed by atoms with E-state index in [2.05, 4.69) is 130 Å². The number of unbranched alkanes of at least 4 members (excludes halogenated alkanes) is 22. The molecule has 0 heterocycles. The molecule has 0 saturated heterocycles. The van der Waals surface area contributed by atoms with Crippen LogP contribution in [0, 0.1) is 0 Å². The molecule has 1 atom stereocenters. The van der Waals surface area contributed by atoms with E-state index in [1.54, 1.807) is 0 Å². The average Bonchev–Trinajstić information content (AvgIpc) is 3.36. The normalized spacial score (nSPS) is 12.9. The second-order valence-corrected chi connectivity index (χ2v) is 18.8. The van der Waals surface area contributed by atoms with Crippen molar-refractivity contribution in [3.8, 4) is 0 Å². The molecule has 0 saturated carbocycles. The summed E-state index contributed by atoms with van der Waals surface area (Å²) in [6.45, 7) is 6.46. The van der Waals surface area contributed by atoms with Crippen LogP contribution < -0.4 is 0 Å². The van der Waals surface area contributed by atoms with Gasteiger partial charge in [-0.05, 0) is 83.5 Å². The van der Waals surface area contributed by atoms with Crippen molar-refractivity contribution in [1.29, 1.82) is 0 Å². The van der Waals surface area contributed by atoms with Crippen molar-refractivity contribution >= 4 is 17.9 Å². The van der Waals surface area contributed by atoms with Crippen LogP contribution in [0.15, 0.2) is 109 Å². The monoisotopic (exact) mass is 971 g/mol.